The number of rotatable bonds is 3. The minimum absolute atomic E-state index is 0.125. The number of para-hydroxylation sites is 1. The smallest absolute Gasteiger partial charge is 0.272 e. The van der Waals surface area contributed by atoms with Gasteiger partial charge >= 0.3 is 0 Å². The van der Waals surface area contributed by atoms with E-state index < -0.39 is 0 Å². The molecule has 1 aliphatic rings. The van der Waals surface area contributed by atoms with E-state index in [1.54, 1.807) is 35.4 Å². The summed E-state index contributed by atoms with van der Waals surface area (Å²) in [6, 6.07) is 15.0. The van der Waals surface area contributed by atoms with Gasteiger partial charge in [-0.25, -0.2) is 9.97 Å². The van der Waals surface area contributed by atoms with Crippen molar-refractivity contribution in [3.63, 3.8) is 0 Å². The number of carbonyl (C=O) groups is 1. The third-order valence-electron chi connectivity index (χ3n) is 4.49. The van der Waals surface area contributed by atoms with Crippen molar-refractivity contribution in [2.24, 2.45) is 0 Å². The molecule has 0 saturated carbocycles. The molecule has 0 saturated heterocycles. The monoisotopic (exact) mass is 398 g/mol. The minimum atomic E-state index is -0.125. The van der Waals surface area contributed by atoms with Crippen LogP contribution in [0, 0.1) is 0 Å². The number of anilines is 2. The molecule has 0 atom stereocenters. The Morgan fingerprint density at radius 1 is 1.00 bits per heavy atom. The molecule has 7 heteroatoms. The fraction of sp³-hybridized carbons (Fsp3) is 0.150. The quantitative estimate of drug-likeness (QED) is 0.692. The van der Waals surface area contributed by atoms with Crippen LogP contribution in [0.1, 0.15) is 21.6 Å². The highest BCUT2D eigenvalue weighted by Crippen LogP contribution is 2.31. The molecular formula is C20H16Cl2N4O. The number of nitrogens with zero attached hydrogens (tertiary/aromatic N) is 3. The van der Waals surface area contributed by atoms with Gasteiger partial charge in [0, 0.05) is 19.3 Å². The second-order valence-electron chi connectivity index (χ2n) is 6.23. The minimum Gasteiger partial charge on any atom is -0.333 e. The number of nitrogens with one attached hydrogen (secondary N) is 1. The first-order chi connectivity index (χ1) is 13.1. The van der Waals surface area contributed by atoms with Crippen molar-refractivity contribution in [3.05, 3.63) is 81.6 Å². The van der Waals surface area contributed by atoms with E-state index in [0.717, 1.165) is 6.42 Å². The average Bonchev–Trinajstić information content (AvgIpc) is 2.70. The number of halogens is 2. The van der Waals surface area contributed by atoms with E-state index in [2.05, 4.69) is 27.4 Å². The highest BCUT2D eigenvalue weighted by atomic mass is 35.5. The Balaban J connectivity index is 1.55. The second kappa shape index (κ2) is 7.55. The number of carbonyl (C=O) groups excluding carboxylic acids is 1. The lowest BCUT2D eigenvalue weighted by Crippen LogP contribution is -2.36. The lowest BCUT2D eigenvalue weighted by Gasteiger charge is -2.28. The van der Waals surface area contributed by atoms with Crippen molar-refractivity contribution >= 4 is 40.7 Å². The standard InChI is InChI=1S/C20H16Cl2N4O/c21-15-6-3-7-16(22)18(15)25-20-23-10-8-17(24-20)19(27)26-11-9-13-4-1-2-5-14(13)12-26/h1-8,10H,9,11-12H2,(H,23,24,25). The van der Waals surface area contributed by atoms with Crippen molar-refractivity contribution in [2.75, 3.05) is 11.9 Å². The zero-order valence-corrected chi connectivity index (χ0v) is 15.8. The SMILES string of the molecule is O=C(c1ccnc(Nc2c(Cl)cccc2Cl)n1)N1CCc2ccccc2C1. The van der Waals surface area contributed by atoms with Crippen LogP contribution in [-0.2, 0) is 13.0 Å². The first-order valence-electron chi connectivity index (χ1n) is 8.52. The number of aromatic nitrogens is 2. The van der Waals surface area contributed by atoms with Crippen LogP contribution >= 0.6 is 23.2 Å². The number of hydrogen-bond acceptors (Lipinski definition) is 4. The molecule has 0 fully saturated rings. The van der Waals surface area contributed by atoms with E-state index in [9.17, 15) is 4.79 Å². The Hall–Kier alpha value is -2.63. The normalized spacial score (nSPS) is 13.2. The largest absolute Gasteiger partial charge is 0.333 e. The van der Waals surface area contributed by atoms with Gasteiger partial charge in [0.1, 0.15) is 5.69 Å². The van der Waals surface area contributed by atoms with Crippen LogP contribution in [-0.4, -0.2) is 27.3 Å². The summed E-state index contributed by atoms with van der Waals surface area (Å²) in [6.07, 6.45) is 2.39. The fourth-order valence-electron chi connectivity index (χ4n) is 3.10. The Morgan fingerprint density at radius 2 is 1.74 bits per heavy atom. The van der Waals surface area contributed by atoms with Crippen LogP contribution in [0.15, 0.2) is 54.7 Å². The molecule has 0 bridgehead atoms. The summed E-state index contributed by atoms with van der Waals surface area (Å²) in [6.45, 7) is 1.25. The molecule has 2 aromatic carbocycles. The first-order valence-corrected chi connectivity index (χ1v) is 9.27. The van der Waals surface area contributed by atoms with Gasteiger partial charge in [0.15, 0.2) is 0 Å². The Kier molecular flexibility index (Phi) is 4.97. The molecule has 1 aliphatic heterocycles. The highest BCUT2D eigenvalue weighted by Gasteiger charge is 2.23. The van der Waals surface area contributed by atoms with E-state index in [4.69, 9.17) is 23.2 Å². The molecule has 5 nitrogen and oxygen atoms in total. The van der Waals surface area contributed by atoms with Crippen molar-refractivity contribution in [3.8, 4) is 0 Å². The number of hydrogen-bond donors (Lipinski definition) is 1. The van der Waals surface area contributed by atoms with Gasteiger partial charge in [-0.05, 0) is 35.7 Å². The Bertz CT molecular complexity index is 989. The molecule has 136 valence electrons. The summed E-state index contributed by atoms with van der Waals surface area (Å²) in [5.41, 5.74) is 3.31. The van der Waals surface area contributed by atoms with Gasteiger partial charge in [-0.1, -0.05) is 53.5 Å². The van der Waals surface area contributed by atoms with Gasteiger partial charge in [0.25, 0.3) is 5.91 Å². The topological polar surface area (TPSA) is 58.1 Å². The maximum Gasteiger partial charge on any atom is 0.272 e. The second-order valence-corrected chi connectivity index (χ2v) is 7.05. The summed E-state index contributed by atoms with van der Waals surface area (Å²) >= 11 is 12.3. The summed E-state index contributed by atoms with van der Waals surface area (Å²) in [7, 11) is 0. The highest BCUT2D eigenvalue weighted by molar-refractivity contribution is 6.39. The molecule has 0 unspecified atom stereocenters. The Labute approximate surface area is 167 Å². The maximum absolute atomic E-state index is 12.9. The van der Waals surface area contributed by atoms with Gasteiger partial charge in [-0.3, -0.25) is 4.79 Å². The van der Waals surface area contributed by atoms with Crippen molar-refractivity contribution in [2.45, 2.75) is 13.0 Å². The van der Waals surface area contributed by atoms with Gasteiger partial charge in [-0.2, -0.15) is 0 Å². The Morgan fingerprint density at radius 3 is 2.52 bits per heavy atom. The van der Waals surface area contributed by atoms with Crippen molar-refractivity contribution in [1.82, 2.24) is 14.9 Å². The van der Waals surface area contributed by atoms with Crippen molar-refractivity contribution in [1.29, 1.82) is 0 Å². The predicted octanol–water partition coefficient (Wildman–Crippen LogP) is 4.73. The van der Waals surface area contributed by atoms with Gasteiger partial charge in [0.05, 0.1) is 15.7 Å². The molecule has 0 aliphatic carbocycles. The van der Waals surface area contributed by atoms with Crippen LogP contribution < -0.4 is 5.32 Å². The number of fused-ring (bicyclic) bond motifs is 1. The average molecular weight is 399 g/mol. The van der Waals surface area contributed by atoms with E-state index >= 15 is 0 Å². The molecular weight excluding hydrogens is 383 g/mol. The molecule has 2 heterocycles. The van der Waals surface area contributed by atoms with E-state index in [1.807, 2.05) is 12.1 Å². The third kappa shape index (κ3) is 3.75. The van der Waals surface area contributed by atoms with Crippen LogP contribution in [0.3, 0.4) is 0 Å². The fourth-order valence-corrected chi connectivity index (χ4v) is 3.59. The third-order valence-corrected chi connectivity index (χ3v) is 5.12. The van der Waals surface area contributed by atoms with Gasteiger partial charge < -0.3 is 10.2 Å². The van der Waals surface area contributed by atoms with E-state index in [1.165, 1.54) is 11.1 Å². The van der Waals surface area contributed by atoms with E-state index in [0.29, 0.717) is 34.5 Å². The summed E-state index contributed by atoms with van der Waals surface area (Å²) in [5, 5.41) is 3.91. The van der Waals surface area contributed by atoms with Crippen LogP contribution in [0.2, 0.25) is 10.0 Å². The van der Waals surface area contributed by atoms with Crippen molar-refractivity contribution < 1.29 is 4.79 Å². The summed E-state index contributed by atoms with van der Waals surface area (Å²) < 4.78 is 0. The first kappa shape index (κ1) is 17.8. The molecule has 0 radical (unpaired) electrons. The molecule has 3 aromatic rings. The maximum atomic E-state index is 12.9. The zero-order valence-electron chi connectivity index (χ0n) is 14.3. The molecule has 27 heavy (non-hydrogen) atoms. The summed E-state index contributed by atoms with van der Waals surface area (Å²) in [5.74, 6) is 0.147. The zero-order chi connectivity index (χ0) is 18.8. The van der Waals surface area contributed by atoms with Crippen LogP contribution in [0.4, 0.5) is 11.6 Å². The lowest BCUT2D eigenvalue weighted by molar-refractivity contribution is 0.0728. The summed E-state index contributed by atoms with van der Waals surface area (Å²) in [4.78, 5) is 23.2. The molecule has 0 spiro atoms. The molecule has 1 N–H and O–H groups in total. The molecule has 1 amide bonds. The van der Waals surface area contributed by atoms with Crippen LogP contribution in [0.25, 0.3) is 0 Å². The predicted molar refractivity (Wildman–Crippen MR) is 107 cm³/mol. The number of amides is 1. The molecule has 4 rings (SSSR count). The van der Waals surface area contributed by atoms with E-state index in [-0.39, 0.29) is 11.9 Å². The van der Waals surface area contributed by atoms with Gasteiger partial charge in [0.2, 0.25) is 5.95 Å². The molecule has 1 aromatic heterocycles. The van der Waals surface area contributed by atoms with Gasteiger partial charge in [-0.15, -0.1) is 0 Å². The number of benzene rings is 2. The lowest BCUT2D eigenvalue weighted by atomic mass is 10.00. The van der Waals surface area contributed by atoms with Crippen LogP contribution in [0.5, 0.6) is 0 Å².